The Morgan fingerprint density at radius 2 is 1.04 bits per heavy atom. The molecule has 0 aromatic rings. The van der Waals surface area contributed by atoms with Crippen molar-refractivity contribution in [2.75, 3.05) is 5.33 Å². The highest BCUT2D eigenvalue weighted by Gasteiger charge is 2.90. The maximum Gasteiger partial charge on any atom is 0.460 e. The van der Waals surface area contributed by atoms with E-state index in [9.17, 15) is 57.1 Å². The second-order valence-electron chi connectivity index (χ2n) is 5.13. The Balaban J connectivity index is 5.92. The molecule has 0 radical (unpaired) electrons. The van der Waals surface area contributed by atoms with E-state index in [1.807, 2.05) is 0 Å². The predicted octanol–water partition coefficient (Wildman–Crippen LogP) is 7.09. The quantitative estimate of drug-likeness (QED) is 0.152. The third kappa shape index (κ3) is 4.47. The van der Waals surface area contributed by atoms with Gasteiger partial charge in [0, 0.05) is 15.7 Å². The van der Waals surface area contributed by atoms with Crippen LogP contribution in [0, 0.1) is 0 Å². The second-order valence-corrected chi connectivity index (χ2v) is 7.69. The minimum Gasteiger partial charge on any atom is -0.200 e. The van der Waals surface area contributed by atoms with E-state index in [1.54, 1.807) is 0 Å². The van der Waals surface area contributed by atoms with Gasteiger partial charge in [-0.05, 0) is 12.8 Å². The molecule has 0 rings (SSSR count). The first-order valence-electron chi connectivity index (χ1n) is 6.36. The molecule has 0 aromatic carbocycles. The van der Waals surface area contributed by atoms with Gasteiger partial charge in [-0.25, -0.2) is 0 Å². The van der Waals surface area contributed by atoms with Crippen LogP contribution in [0.25, 0.3) is 0 Å². The van der Waals surface area contributed by atoms with E-state index in [-0.39, 0.29) is 18.2 Å². The van der Waals surface area contributed by atoms with Gasteiger partial charge < -0.3 is 0 Å². The lowest BCUT2D eigenvalue weighted by atomic mass is 9.91. The van der Waals surface area contributed by atoms with Gasteiger partial charge in [-0.3, -0.25) is 0 Å². The van der Waals surface area contributed by atoms with Gasteiger partial charge in [0.15, 0.2) is 0 Å². The molecule has 0 aliphatic rings. The van der Waals surface area contributed by atoms with E-state index >= 15 is 0 Å². The molecule has 0 aliphatic heterocycles. The third-order valence-corrected chi connectivity index (χ3v) is 4.75. The Morgan fingerprint density at radius 1 is 0.654 bits per heavy atom. The molecule has 1 atom stereocenters. The zero-order valence-electron chi connectivity index (χ0n) is 12.1. The SMILES string of the molecule is FC(F)(F)C(F)(F)C(F)(F)C(F)(F)C(F)(F)C(F)(F)CC(I)CCCBr. The van der Waals surface area contributed by atoms with Crippen LogP contribution in [-0.2, 0) is 0 Å². The monoisotopic (exact) mass is 594 g/mol. The van der Waals surface area contributed by atoms with Crippen LogP contribution in [0.4, 0.5) is 57.1 Å². The molecule has 0 spiro atoms. The summed E-state index contributed by atoms with van der Waals surface area (Å²) in [5, 5.41) is 0.195. The van der Waals surface area contributed by atoms with Crippen LogP contribution in [0.1, 0.15) is 19.3 Å². The molecule has 0 amide bonds. The van der Waals surface area contributed by atoms with Crippen molar-refractivity contribution in [3.63, 3.8) is 0 Å². The van der Waals surface area contributed by atoms with E-state index in [4.69, 9.17) is 0 Å². The molecular weight excluding hydrogens is 586 g/mol. The molecule has 158 valence electrons. The zero-order chi connectivity index (χ0) is 21.4. The Bertz CT molecular complexity index is 473. The van der Waals surface area contributed by atoms with Crippen LogP contribution < -0.4 is 0 Å². The van der Waals surface area contributed by atoms with E-state index < -0.39 is 46.1 Å². The highest BCUT2D eigenvalue weighted by Crippen LogP contribution is 2.60. The lowest BCUT2D eigenvalue weighted by molar-refractivity contribution is -0.440. The average molecular weight is 595 g/mol. The summed E-state index contributed by atoms with van der Waals surface area (Å²) in [6.07, 6.45) is -9.70. The lowest BCUT2D eigenvalue weighted by Crippen LogP contribution is -2.70. The van der Waals surface area contributed by atoms with Gasteiger partial charge in [0.25, 0.3) is 0 Å². The fraction of sp³-hybridized carbons (Fsp3) is 1.00. The molecule has 0 fully saturated rings. The van der Waals surface area contributed by atoms with Gasteiger partial charge in [0.1, 0.15) is 0 Å². The maximum atomic E-state index is 13.5. The van der Waals surface area contributed by atoms with Gasteiger partial charge in [-0.2, -0.15) is 57.1 Å². The van der Waals surface area contributed by atoms with Crippen molar-refractivity contribution in [1.29, 1.82) is 0 Å². The first-order valence-corrected chi connectivity index (χ1v) is 8.73. The summed E-state index contributed by atoms with van der Waals surface area (Å²) in [7, 11) is 0. The number of halogens is 15. The molecule has 1 unspecified atom stereocenters. The zero-order valence-corrected chi connectivity index (χ0v) is 15.8. The van der Waals surface area contributed by atoms with Crippen molar-refractivity contribution in [2.45, 2.75) is 59.0 Å². The minimum absolute atomic E-state index is 0.0912. The summed E-state index contributed by atoms with van der Waals surface area (Å²) in [5.41, 5.74) is 0. The van der Waals surface area contributed by atoms with Crippen molar-refractivity contribution >= 4 is 38.5 Å². The van der Waals surface area contributed by atoms with E-state index in [1.165, 1.54) is 0 Å². The molecule has 0 aliphatic carbocycles. The Labute approximate surface area is 160 Å². The molecule has 0 aromatic heterocycles. The lowest BCUT2D eigenvalue weighted by Gasteiger charge is -2.40. The normalized spacial score (nSPS) is 16.7. The van der Waals surface area contributed by atoms with Crippen molar-refractivity contribution in [3.05, 3.63) is 0 Å². The Morgan fingerprint density at radius 3 is 1.38 bits per heavy atom. The minimum atomic E-state index is -7.83. The molecular formula is C11H9BrF13I. The predicted molar refractivity (Wildman–Crippen MR) is 76.2 cm³/mol. The van der Waals surface area contributed by atoms with Crippen LogP contribution in [-0.4, -0.2) is 45.0 Å². The van der Waals surface area contributed by atoms with E-state index in [0.717, 1.165) is 22.6 Å². The Kier molecular flexibility index (Phi) is 8.06. The highest BCUT2D eigenvalue weighted by molar-refractivity contribution is 14.1. The molecule has 0 heterocycles. The molecule has 15 heteroatoms. The Hall–Kier alpha value is 0.300. The van der Waals surface area contributed by atoms with Gasteiger partial charge in [-0.1, -0.05) is 38.5 Å². The van der Waals surface area contributed by atoms with E-state index in [2.05, 4.69) is 15.9 Å². The molecule has 26 heavy (non-hydrogen) atoms. The number of rotatable bonds is 9. The van der Waals surface area contributed by atoms with Gasteiger partial charge in [0.2, 0.25) is 0 Å². The summed E-state index contributed by atoms with van der Waals surface area (Å²) < 4.78 is 166. The smallest absolute Gasteiger partial charge is 0.200 e. The third-order valence-electron chi connectivity index (χ3n) is 3.13. The second kappa shape index (κ2) is 7.97. The van der Waals surface area contributed by atoms with Crippen molar-refractivity contribution in [1.82, 2.24) is 0 Å². The first-order chi connectivity index (χ1) is 11.2. The molecule has 0 saturated carbocycles. The van der Waals surface area contributed by atoms with Gasteiger partial charge in [0.05, 0.1) is 0 Å². The summed E-state index contributed by atoms with van der Waals surface area (Å²) >= 11 is 3.96. The van der Waals surface area contributed by atoms with Crippen molar-refractivity contribution < 1.29 is 57.1 Å². The van der Waals surface area contributed by atoms with Crippen LogP contribution in [0.15, 0.2) is 0 Å². The molecule has 0 bridgehead atoms. The molecule has 0 N–H and O–H groups in total. The fourth-order valence-corrected chi connectivity index (χ4v) is 2.93. The summed E-state index contributed by atoms with van der Waals surface area (Å²) in [6.45, 7) is 0. The fourth-order valence-electron chi connectivity index (χ4n) is 1.61. The summed E-state index contributed by atoms with van der Waals surface area (Å²) in [6, 6.07) is 0. The number of alkyl halides is 15. The first kappa shape index (κ1) is 26.3. The number of hydrogen-bond acceptors (Lipinski definition) is 0. The topological polar surface area (TPSA) is 0 Å². The standard InChI is InChI=1S/C11H9BrF13I/c12-3-1-2-5(26)4-6(13,14)7(15,16)8(17,18)9(19,20)10(21,22)11(23,24)25/h5H,1-4H2. The summed E-state index contributed by atoms with van der Waals surface area (Å²) in [5.74, 6) is -36.4. The van der Waals surface area contributed by atoms with Crippen LogP contribution in [0.5, 0.6) is 0 Å². The molecule has 0 nitrogen and oxygen atoms in total. The van der Waals surface area contributed by atoms with Crippen molar-refractivity contribution in [2.24, 2.45) is 0 Å². The van der Waals surface area contributed by atoms with Gasteiger partial charge in [-0.15, -0.1) is 0 Å². The van der Waals surface area contributed by atoms with Crippen LogP contribution >= 0.6 is 38.5 Å². The molecule has 0 saturated heterocycles. The van der Waals surface area contributed by atoms with Gasteiger partial charge >= 0.3 is 35.8 Å². The van der Waals surface area contributed by atoms with Crippen LogP contribution in [0.3, 0.4) is 0 Å². The largest absolute Gasteiger partial charge is 0.460 e. The summed E-state index contributed by atoms with van der Waals surface area (Å²) in [4.78, 5) is 0. The van der Waals surface area contributed by atoms with Crippen molar-refractivity contribution in [3.8, 4) is 0 Å². The number of hydrogen-bond donors (Lipinski definition) is 0. The average Bonchev–Trinajstić information content (AvgIpc) is 2.42. The maximum absolute atomic E-state index is 13.5. The highest BCUT2D eigenvalue weighted by atomic mass is 127. The van der Waals surface area contributed by atoms with Crippen LogP contribution in [0.2, 0.25) is 0 Å². The van der Waals surface area contributed by atoms with E-state index in [0.29, 0.717) is 0 Å².